The standard InChI is InChI=1S/C39H38Cl3F3N4O10S2/c40-29-3-1-5-33(21-29)60(52,53)48-15-11-46(12-16-48)23-27-19-30(41)7-9-35(27)56-25-37(50)58-38(51)26-57-36-10-8-31(42)20-28(36)24-47-13-17-49(18-14-47)61(54,55)34-6-2-4-32(22-34)59-39(43,44)45/h1-10,19-22H,11-18,23-26H2. The first-order chi connectivity index (χ1) is 28.9. The molecule has 0 bridgehead atoms. The minimum atomic E-state index is -4.98. The third-order valence-electron chi connectivity index (χ3n) is 9.52. The van der Waals surface area contributed by atoms with E-state index in [0.717, 1.165) is 18.2 Å². The molecule has 0 aliphatic carbocycles. The average Bonchev–Trinajstić information content (AvgIpc) is 3.20. The number of hydrogen-bond donors (Lipinski definition) is 0. The third-order valence-corrected chi connectivity index (χ3v) is 14.0. The second-order valence-corrected chi connectivity index (χ2v) is 19.0. The number of benzene rings is 4. The highest BCUT2D eigenvalue weighted by Gasteiger charge is 2.34. The molecule has 0 radical (unpaired) electrons. The molecule has 0 unspecified atom stereocenters. The van der Waals surface area contributed by atoms with Crippen LogP contribution in [0.15, 0.2) is 94.7 Å². The summed E-state index contributed by atoms with van der Waals surface area (Å²) >= 11 is 18.5. The van der Waals surface area contributed by atoms with E-state index in [1.807, 2.05) is 9.80 Å². The maximum Gasteiger partial charge on any atom is 0.573 e. The van der Waals surface area contributed by atoms with Crippen LogP contribution in [-0.4, -0.2) is 119 Å². The van der Waals surface area contributed by atoms with Gasteiger partial charge in [0, 0.05) is 97.7 Å². The van der Waals surface area contributed by atoms with Gasteiger partial charge in [-0.1, -0.05) is 46.9 Å². The fourth-order valence-electron chi connectivity index (χ4n) is 6.58. The smallest absolute Gasteiger partial charge is 0.482 e. The van der Waals surface area contributed by atoms with Crippen LogP contribution in [0.4, 0.5) is 13.2 Å². The predicted molar refractivity (Wildman–Crippen MR) is 218 cm³/mol. The molecule has 22 heteroatoms. The molecule has 61 heavy (non-hydrogen) atoms. The lowest BCUT2D eigenvalue weighted by atomic mass is 10.1. The Balaban J connectivity index is 0.967. The van der Waals surface area contributed by atoms with Gasteiger partial charge >= 0.3 is 18.3 Å². The van der Waals surface area contributed by atoms with Crippen molar-refractivity contribution in [3.8, 4) is 17.2 Å². The van der Waals surface area contributed by atoms with Gasteiger partial charge in [-0.05, 0) is 66.7 Å². The summed E-state index contributed by atoms with van der Waals surface area (Å²) in [5.74, 6) is -2.07. The number of nitrogens with zero attached hydrogens (tertiary/aromatic N) is 4. The van der Waals surface area contributed by atoms with E-state index < -0.39 is 57.3 Å². The van der Waals surface area contributed by atoms with Crippen LogP contribution in [0.2, 0.25) is 15.1 Å². The van der Waals surface area contributed by atoms with Gasteiger partial charge in [0.2, 0.25) is 20.0 Å². The van der Waals surface area contributed by atoms with Gasteiger partial charge in [-0.25, -0.2) is 26.4 Å². The summed E-state index contributed by atoms with van der Waals surface area (Å²) in [6.07, 6.45) is -4.98. The third kappa shape index (κ3) is 12.7. The molecule has 2 aliphatic heterocycles. The Labute approximate surface area is 365 Å². The van der Waals surface area contributed by atoms with E-state index in [4.69, 9.17) is 49.0 Å². The molecule has 2 heterocycles. The molecule has 14 nitrogen and oxygen atoms in total. The van der Waals surface area contributed by atoms with E-state index in [2.05, 4.69) is 4.74 Å². The van der Waals surface area contributed by atoms with E-state index >= 15 is 0 Å². The molecule has 2 fully saturated rings. The minimum Gasteiger partial charge on any atom is -0.482 e. The Bertz CT molecular complexity index is 2450. The van der Waals surface area contributed by atoms with Crippen LogP contribution in [-0.2, 0) is 47.5 Å². The van der Waals surface area contributed by atoms with Gasteiger partial charge < -0.3 is 18.9 Å². The lowest BCUT2D eigenvalue weighted by Crippen LogP contribution is -2.48. The highest BCUT2D eigenvalue weighted by molar-refractivity contribution is 7.89. The number of hydrogen-bond acceptors (Lipinski definition) is 12. The molecule has 0 saturated carbocycles. The zero-order valence-electron chi connectivity index (χ0n) is 32.0. The van der Waals surface area contributed by atoms with Gasteiger partial charge in [0.15, 0.2) is 13.2 Å². The number of rotatable bonds is 15. The van der Waals surface area contributed by atoms with Crippen molar-refractivity contribution in [3.05, 3.63) is 111 Å². The molecule has 0 atom stereocenters. The molecule has 6 rings (SSSR count). The molecule has 0 amide bonds. The van der Waals surface area contributed by atoms with Crippen LogP contribution >= 0.6 is 34.8 Å². The molecule has 0 spiro atoms. The van der Waals surface area contributed by atoms with Crippen LogP contribution in [0, 0.1) is 0 Å². The monoisotopic (exact) mass is 948 g/mol. The van der Waals surface area contributed by atoms with Gasteiger partial charge in [0.1, 0.15) is 17.2 Å². The van der Waals surface area contributed by atoms with Crippen molar-refractivity contribution >= 4 is 66.8 Å². The first-order valence-corrected chi connectivity index (χ1v) is 22.5. The number of carbonyl (C=O) groups is 2. The first-order valence-electron chi connectivity index (χ1n) is 18.5. The average molecular weight is 950 g/mol. The summed E-state index contributed by atoms with van der Waals surface area (Å²) in [6.45, 7) is 1.16. The zero-order valence-corrected chi connectivity index (χ0v) is 35.9. The SMILES string of the molecule is O=C(COc1ccc(Cl)cc1CN1CCN(S(=O)(=O)c2cccc(Cl)c2)CC1)OC(=O)COc1ccc(Cl)cc1CN1CCN(S(=O)(=O)c2cccc(OC(F)(F)F)c2)CC1. The predicted octanol–water partition coefficient (Wildman–Crippen LogP) is 6.09. The number of ether oxygens (including phenoxy) is 4. The Morgan fingerprint density at radius 2 is 1.00 bits per heavy atom. The van der Waals surface area contributed by atoms with Crippen molar-refractivity contribution < 1.29 is 58.5 Å². The normalized spacial score (nSPS) is 16.2. The summed E-state index contributed by atoms with van der Waals surface area (Å²) in [4.78, 5) is 29.0. The van der Waals surface area contributed by atoms with E-state index in [1.54, 1.807) is 42.5 Å². The summed E-state index contributed by atoms with van der Waals surface area (Å²) < 4.78 is 114. The fourth-order valence-corrected chi connectivity index (χ4v) is 10.1. The Morgan fingerprint density at radius 3 is 1.44 bits per heavy atom. The number of esters is 2. The summed E-state index contributed by atoms with van der Waals surface area (Å²) in [7, 11) is -7.86. The number of piperazine rings is 2. The molecule has 0 aromatic heterocycles. The highest BCUT2D eigenvalue weighted by atomic mass is 35.5. The number of sulfonamides is 2. The molecule has 4 aromatic carbocycles. The number of halogens is 6. The second-order valence-electron chi connectivity index (χ2n) is 13.8. The lowest BCUT2D eigenvalue weighted by molar-refractivity contribution is -0.274. The Kier molecular flexibility index (Phi) is 15.1. The number of carbonyl (C=O) groups excluding carboxylic acids is 2. The van der Waals surface area contributed by atoms with E-state index in [1.165, 1.54) is 32.9 Å². The van der Waals surface area contributed by atoms with Crippen LogP contribution < -0.4 is 14.2 Å². The fraction of sp³-hybridized carbons (Fsp3) is 0.333. The van der Waals surface area contributed by atoms with E-state index in [-0.39, 0.29) is 61.4 Å². The quantitative estimate of drug-likeness (QED) is 0.100. The van der Waals surface area contributed by atoms with Crippen LogP contribution in [0.1, 0.15) is 11.1 Å². The number of alkyl halides is 3. The van der Waals surface area contributed by atoms with E-state index in [9.17, 15) is 39.6 Å². The second kappa shape index (κ2) is 19.9. The highest BCUT2D eigenvalue weighted by Crippen LogP contribution is 2.30. The topological polar surface area (TPSA) is 152 Å². The Hall–Kier alpha value is -4.18. The Morgan fingerprint density at radius 1 is 0.574 bits per heavy atom. The van der Waals surface area contributed by atoms with Crippen molar-refractivity contribution in [1.82, 2.24) is 18.4 Å². The maximum absolute atomic E-state index is 13.2. The minimum absolute atomic E-state index is 0.0342. The largest absolute Gasteiger partial charge is 0.573 e. The molecular formula is C39H38Cl3F3N4O10S2. The van der Waals surface area contributed by atoms with Gasteiger partial charge in [-0.15, -0.1) is 13.2 Å². The van der Waals surface area contributed by atoms with Crippen LogP contribution in [0.3, 0.4) is 0 Å². The van der Waals surface area contributed by atoms with E-state index in [0.29, 0.717) is 51.6 Å². The van der Waals surface area contributed by atoms with Crippen LogP contribution in [0.25, 0.3) is 0 Å². The van der Waals surface area contributed by atoms with Crippen molar-refractivity contribution in [2.75, 3.05) is 65.6 Å². The van der Waals surface area contributed by atoms with Crippen LogP contribution in [0.5, 0.6) is 17.2 Å². The summed E-state index contributed by atoms with van der Waals surface area (Å²) in [5.41, 5.74) is 1.19. The van der Waals surface area contributed by atoms with Gasteiger partial charge in [0.25, 0.3) is 0 Å². The molecule has 2 saturated heterocycles. The van der Waals surface area contributed by atoms with Crippen molar-refractivity contribution in [2.45, 2.75) is 29.2 Å². The van der Waals surface area contributed by atoms with Crippen molar-refractivity contribution in [1.29, 1.82) is 0 Å². The van der Waals surface area contributed by atoms with Gasteiger partial charge in [-0.2, -0.15) is 8.61 Å². The van der Waals surface area contributed by atoms with Crippen molar-refractivity contribution in [2.24, 2.45) is 0 Å². The molecular weight excluding hydrogens is 912 g/mol. The van der Waals surface area contributed by atoms with Gasteiger partial charge in [-0.3, -0.25) is 9.80 Å². The molecule has 4 aromatic rings. The van der Waals surface area contributed by atoms with Crippen molar-refractivity contribution in [3.63, 3.8) is 0 Å². The summed E-state index contributed by atoms with van der Waals surface area (Å²) in [6, 6.07) is 19.8. The maximum atomic E-state index is 13.2. The molecule has 2 aliphatic rings. The molecule has 328 valence electrons. The first kappa shape index (κ1) is 46.3. The summed E-state index contributed by atoms with van der Waals surface area (Å²) in [5, 5.41) is 1.10. The molecule has 0 N–H and O–H groups in total. The zero-order chi connectivity index (χ0) is 44.0. The van der Waals surface area contributed by atoms with Gasteiger partial charge in [0.05, 0.1) is 9.79 Å². The lowest BCUT2D eigenvalue weighted by Gasteiger charge is -2.34.